The fraction of sp³-hybridized carbons (Fsp3) is 0.474. The van der Waals surface area contributed by atoms with E-state index in [1.165, 1.54) is 12.1 Å². The summed E-state index contributed by atoms with van der Waals surface area (Å²) < 4.78 is 17.9. The first-order chi connectivity index (χ1) is 12.1. The second-order valence-corrected chi connectivity index (χ2v) is 6.56. The maximum atomic E-state index is 12.9. The Labute approximate surface area is 147 Å². The summed E-state index contributed by atoms with van der Waals surface area (Å²) in [5.74, 6) is 0.651. The van der Waals surface area contributed by atoms with Gasteiger partial charge in [-0.15, -0.1) is 0 Å². The van der Waals surface area contributed by atoms with E-state index in [-0.39, 0.29) is 11.7 Å². The van der Waals surface area contributed by atoms with Crippen molar-refractivity contribution in [2.75, 3.05) is 32.7 Å². The van der Waals surface area contributed by atoms with Crippen molar-refractivity contribution in [2.45, 2.75) is 26.2 Å². The van der Waals surface area contributed by atoms with Crippen LogP contribution in [-0.4, -0.2) is 53.6 Å². The Bertz CT molecular complexity index is 691. The normalized spacial score (nSPS) is 15.5. The number of carbonyl (C=O) groups is 1. The fourth-order valence-corrected chi connectivity index (χ4v) is 3.15. The zero-order valence-electron chi connectivity index (χ0n) is 14.6. The highest BCUT2D eigenvalue weighted by atomic mass is 19.1. The van der Waals surface area contributed by atoms with E-state index < -0.39 is 0 Å². The van der Waals surface area contributed by atoms with Crippen LogP contribution in [0, 0.1) is 12.7 Å². The Kier molecular flexibility index (Phi) is 5.81. The number of benzene rings is 1. The minimum absolute atomic E-state index is 0.110. The highest BCUT2D eigenvalue weighted by Crippen LogP contribution is 2.10. The zero-order valence-corrected chi connectivity index (χ0v) is 14.6. The van der Waals surface area contributed by atoms with Crippen LogP contribution in [0.15, 0.2) is 34.9 Å². The second-order valence-electron chi connectivity index (χ2n) is 6.56. The Morgan fingerprint density at radius 3 is 2.56 bits per heavy atom. The van der Waals surface area contributed by atoms with Gasteiger partial charge in [-0.05, 0) is 44.0 Å². The van der Waals surface area contributed by atoms with Crippen LogP contribution in [-0.2, 0) is 17.6 Å². The summed E-state index contributed by atoms with van der Waals surface area (Å²) in [6.45, 7) is 6.13. The van der Waals surface area contributed by atoms with Gasteiger partial charge in [0.15, 0.2) is 0 Å². The quantitative estimate of drug-likeness (QED) is 0.807. The molecule has 0 unspecified atom stereocenters. The average Bonchev–Trinajstić information content (AvgIpc) is 3.02. The molecule has 0 saturated carbocycles. The first-order valence-electron chi connectivity index (χ1n) is 8.77. The van der Waals surface area contributed by atoms with E-state index in [9.17, 15) is 9.18 Å². The smallest absolute Gasteiger partial charge is 0.228 e. The molecule has 6 heteroatoms. The van der Waals surface area contributed by atoms with Crippen LogP contribution < -0.4 is 0 Å². The lowest BCUT2D eigenvalue weighted by Crippen LogP contribution is -2.49. The monoisotopic (exact) mass is 345 g/mol. The van der Waals surface area contributed by atoms with Crippen LogP contribution in [0.4, 0.5) is 4.39 Å². The summed E-state index contributed by atoms with van der Waals surface area (Å²) in [7, 11) is 0. The van der Waals surface area contributed by atoms with Crippen molar-refractivity contribution in [1.82, 2.24) is 15.0 Å². The number of amides is 1. The topological polar surface area (TPSA) is 49.6 Å². The number of nitrogens with zero attached hydrogens (tertiary/aromatic N) is 3. The molecule has 0 N–H and O–H groups in total. The summed E-state index contributed by atoms with van der Waals surface area (Å²) in [5.41, 5.74) is 1.86. The summed E-state index contributed by atoms with van der Waals surface area (Å²) in [5, 5.41) is 3.88. The highest BCUT2D eigenvalue weighted by Gasteiger charge is 2.21. The Balaban J connectivity index is 1.36. The van der Waals surface area contributed by atoms with Gasteiger partial charge >= 0.3 is 0 Å². The first-order valence-corrected chi connectivity index (χ1v) is 8.77. The second kappa shape index (κ2) is 8.25. The Morgan fingerprint density at radius 2 is 1.92 bits per heavy atom. The minimum Gasteiger partial charge on any atom is -0.361 e. The molecule has 1 aromatic heterocycles. The number of carbonyl (C=O) groups excluding carboxylic acids is 1. The molecule has 0 radical (unpaired) electrons. The van der Waals surface area contributed by atoms with Gasteiger partial charge in [-0.3, -0.25) is 9.69 Å². The maximum Gasteiger partial charge on any atom is 0.228 e. The molecule has 0 spiro atoms. The third-order valence-electron chi connectivity index (χ3n) is 4.59. The van der Waals surface area contributed by atoms with Crippen molar-refractivity contribution in [3.8, 4) is 0 Å². The van der Waals surface area contributed by atoms with Gasteiger partial charge in [-0.25, -0.2) is 4.39 Å². The number of aromatic nitrogens is 1. The van der Waals surface area contributed by atoms with Crippen LogP contribution in [0.2, 0.25) is 0 Å². The fourth-order valence-electron chi connectivity index (χ4n) is 3.15. The molecular formula is C19H24FN3O2. The van der Waals surface area contributed by atoms with Gasteiger partial charge in [-0.1, -0.05) is 17.3 Å². The molecule has 0 bridgehead atoms. The molecule has 134 valence electrons. The molecule has 1 aliphatic rings. The molecule has 0 aliphatic carbocycles. The van der Waals surface area contributed by atoms with Crippen molar-refractivity contribution >= 4 is 5.91 Å². The van der Waals surface area contributed by atoms with Gasteiger partial charge in [0.2, 0.25) is 5.91 Å². The largest absolute Gasteiger partial charge is 0.361 e. The molecule has 0 atom stereocenters. The lowest BCUT2D eigenvalue weighted by atomic mass is 10.1. The molecule has 1 aliphatic heterocycles. The summed E-state index contributed by atoms with van der Waals surface area (Å²) in [6, 6.07) is 8.52. The van der Waals surface area contributed by atoms with Gasteiger partial charge in [-0.2, -0.15) is 0 Å². The summed E-state index contributed by atoms with van der Waals surface area (Å²) in [6.07, 6.45) is 2.30. The van der Waals surface area contributed by atoms with Gasteiger partial charge in [0.1, 0.15) is 11.6 Å². The van der Waals surface area contributed by atoms with E-state index in [1.807, 2.05) is 30.0 Å². The minimum atomic E-state index is -0.190. The molecule has 1 saturated heterocycles. The Hall–Kier alpha value is -2.21. The maximum absolute atomic E-state index is 12.9. The SMILES string of the molecule is Cc1cc(CC(=O)N2CCN(CCCc3ccc(F)cc3)CC2)no1. The number of rotatable bonds is 6. The molecule has 25 heavy (non-hydrogen) atoms. The third-order valence-corrected chi connectivity index (χ3v) is 4.59. The molecule has 2 heterocycles. The van der Waals surface area contributed by atoms with Gasteiger partial charge in [0.05, 0.1) is 12.1 Å². The number of aryl methyl sites for hydroxylation is 2. The number of piperazine rings is 1. The molecule has 1 aromatic carbocycles. The van der Waals surface area contributed by atoms with E-state index in [0.29, 0.717) is 12.1 Å². The van der Waals surface area contributed by atoms with Crippen molar-refractivity contribution in [3.63, 3.8) is 0 Å². The lowest BCUT2D eigenvalue weighted by molar-refractivity contribution is -0.132. The van der Waals surface area contributed by atoms with Crippen LogP contribution in [0.3, 0.4) is 0 Å². The van der Waals surface area contributed by atoms with E-state index in [0.717, 1.165) is 56.9 Å². The molecule has 1 amide bonds. The van der Waals surface area contributed by atoms with Gasteiger partial charge in [0, 0.05) is 32.2 Å². The van der Waals surface area contributed by atoms with Crippen molar-refractivity contribution in [3.05, 3.63) is 53.2 Å². The average molecular weight is 345 g/mol. The number of halogens is 1. The zero-order chi connectivity index (χ0) is 17.6. The molecule has 2 aromatic rings. The third kappa shape index (κ3) is 5.13. The van der Waals surface area contributed by atoms with Crippen LogP contribution in [0.5, 0.6) is 0 Å². The standard InChI is InChI=1S/C19H24FN3O2/c1-15-13-18(21-25-15)14-19(24)23-11-9-22(10-12-23)8-2-3-16-4-6-17(20)7-5-16/h4-7,13H,2-3,8-12,14H2,1H3. The molecule has 1 fully saturated rings. The first kappa shape index (κ1) is 17.6. The molecule has 5 nitrogen and oxygen atoms in total. The van der Waals surface area contributed by atoms with Gasteiger partial charge in [0.25, 0.3) is 0 Å². The van der Waals surface area contributed by atoms with Crippen LogP contribution >= 0.6 is 0 Å². The highest BCUT2D eigenvalue weighted by molar-refractivity contribution is 5.78. The van der Waals surface area contributed by atoms with Crippen LogP contribution in [0.1, 0.15) is 23.4 Å². The van der Waals surface area contributed by atoms with Crippen molar-refractivity contribution < 1.29 is 13.7 Å². The lowest BCUT2D eigenvalue weighted by Gasteiger charge is -2.34. The van der Waals surface area contributed by atoms with E-state index in [2.05, 4.69) is 10.1 Å². The van der Waals surface area contributed by atoms with Crippen molar-refractivity contribution in [1.29, 1.82) is 0 Å². The summed E-state index contributed by atoms with van der Waals surface area (Å²) in [4.78, 5) is 16.6. The predicted octanol–water partition coefficient (Wildman–Crippen LogP) is 2.44. The molecule has 3 rings (SSSR count). The van der Waals surface area contributed by atoms with E-state index in [1.54, 1.807) is 0 Å². The number of hydrogen-bond acceptors (Lipinski definition) is 4. The van der Waals surface area contributed by atoms with E-state index in [4.69, 9.17) is 4.52 Å². The number of hydrogen-bond donors (Lipinski definition) is 0. The van der Waals surface area contributed by atoms with Crippen molar-refractivity contribution in [2.24, 2.45) is 0 Å². The van der Waals surface area contributed by atoms with Gasteiger partial charge < -0.3 is 9.42 Å². The Morgan fingerprint density at radius 1 is 1.20 bits per heavy atom. The van der Waals surface area contributed by atoms with E-state index >= 15 is 0 Å². The predicted molar refractivity (Wildman–Crippen MR) is 92.7 cm³/mol. The summed E-state index contributed by atoms with van der Waals surface area (Å²) >= 11 is 0. The van der Waals surface area contributed by atoms with Crippen LogP contribution in [0.25, 0.3) is 0 Å². The molecular weight excluding hydrogens is 321 g/mol.